The minimum Gasteiger partial charge on any atom is -0.457 e. The Morgan fingerprint density at radius 2 is 0.767 bits per heavy atom. The summed E-state index contributed by atoms with van der Waals surface area (Å²) in [5, 5.41) is 5.26. The van der Waals surface area contributed by atoms with Crippen LogP contribution >= 0.6 is 0 Å². The summed E-state index contributed by atoms with van der Waals surface area (Å²) in [5.74, 6) is 0. The quantitative estimate of drug-likeness (QED) is 0.268. The molecule has 1 N–H and O–H groups in total. The maximum atomic E-state index is 6.65. The zero-order valence-electron chi connectivity index (χ0n) is 19.9. The van der Waals surface area contributed by atoms with Gasteiger partial charge >= 0.3 is 0 Å². The van der Waals surface area contributed by atoms with Gasteiger partial charge in [0.05, 0.1) is 0 Å². The van der Waals surface area contributed by atoms with E-state index in [0.29, 0.717) is 0 Å². The Balaban J connectivity index is 2.24. The van der Waals surface area contributed by atoms with Gasteiger partial charge in [-0.05, 0) is 0 Å². The highest BCUT2D eigenvalue weighted by Crippen LogP contribution is 2.33. The monoisotopic (exact) mass is 377 g/mol. The van der Waals surface area contributed by atoms with Crippen molar-refractivity contribution < 1.29 is 4.42 Å². The fraction of sp³-hybridized carbons (Fsp3) is 0. The van der Waals surface area contributed by atoms with Gasteiger partial charge < -0.3 is 9.40 Å². The molecule has 5 rings (SSSR count). The number of H-pyrrole nitrogens is 1. The second kappa shape index (κ2) is 6.22. The van der Waals surface area contributed by atoms with Crippen LogP contribution in [0.4, 0.5) is 0 Å². The van der Waals surface area contributed by atoms with Crippen LogP contribution in [-0.2, 0) is 0 Å². The van der Waals surface area contributed by atoms with Crippen molar-refractivity contribution in [2.24, 2.45) is 0 Å². The van der Waals surface area contributed by atoms with Gasteiger partial charge in [-0.3, -0.25) is 0 Å². The van der Waals surface area contributed by atoms with Gasteiger partial charge in [0.25, 0.3) is 0 Å². The number of hydrogen-bond donors (Lipinski definition) is 1. The minimum atomic E-state index is 1.04. The number of rotatable bonds is 0. The molecule has 0 fully saturated rings. The van der Waals surface area contributed by atoms with Crippen molar-refractivity contribution in [2.75, 3.05) is 0 Å². The minimum absolute atomic E-state index is 1.04. The highest BCUT2D eigenvalue weighted by Gasteiger charge is 2.24. The van der Waals surface area contributed by atoms with E-state index in [-0.39, 0.29) is 0 Å². The molecule has 134 valence electrons. The van der Waals surface area contributed by atoms with Gasteiger partial charge in [-0.15, -0.1) is 10.9 Å². The Morgan fingerprint density at radius 1 is 0.367 bits per heavy atom. The molecule has 0 aliphatic carbocycles. The van der Waals surface area contributed by atoms with E-state index in [1.165, 1.54) is 87.2 Å². The Hall–Kier alpha value is -2.09. The average Bonchev–Trinajstić information content (AvgIpc) is 3.31. The van der Waals surface area contributed by atoms with Crippen LogP contribution in [0.25, 0.3) is 43.7 Å². The van der Waals surface area contributed by atoms with Crippen molar-refractivity contribution >= 4 is 177 Å². The van der Waals surface area contributed by atoms with Crippen LogP contribution in [0.1, 0.15) is 0 Å². The molecule has 0 aliphatic heterocycles. The van der Waals surface area contributed by atoms with Crippen LogP contribution in [0.5, 0.6) is 0 Å². The second-order valence-electron chi connectivity index (χ2n) is 9.39. The third kappa shape index (κ3) is 2.18. The van der Waals surface area contributed by atoms with Crippen molar-refractivity contribution in [3.05, 3.63) is 0 Å². The lowest BCUT2D eigenvalue weighted by Gasteiger charge is -2.13. The molecule has 0 spiro atoms. The number of furan rings is 1. The Kier molecular flexibility index (Phi) is 4.11. The molecule has 0 amide bonds. The van der Waals surface area contributed by atoms with Crippen LogP contribution in [0.2, 0.25) is 0 Å². The van der Waals surface area contributed by atoms with Crippen LogP contribution < -0.4 is 54.6 Å². The largest absolute Gasteiger partial charge is 0.457 e. The van der Waals surface area contributed by atoms with E-state index < -0.39 is 0 Å². The van der Waals surface area contributed by atoms with E-state index in [9.17, 15) is 0 Å². The normalized spacial score (nSPS) is 12.0. The zero-order valence-corrected chi connectivity index (χ0v) is 19.9. The van der Waals surface area contributed by atoms with Crippen LogP contribution in [0.3, 0.4) is 0 Å². The summed E-state index contributed by atoms with van der Waals surface area (Å²) in [6.07, 6.45) is 0. The van der Waals surface area contributed by atoms with Gasteiger partial charge in [-0.1, -0.05) is 43.7 Å². The van der Waals surface area contributed by atoms with Gasteiger partial charge in [0.15, 0.2) is 0 Å². The maximum Gasteiger partial charge on any atom is 0.143 e. The van der Waals surface area contributed by atoms with E-state index in [1.807, 2.05) is 0 Å². The maximum absolute atomic E-state index is 6.65. The molecule has 30 heavy (non-hydrogen) atoms. The number of fused-ring (bicyclic) bond motifs is 7. The molecule has 0 bridgehead atoms. The Labute approximate surface area is 186 Å². The summed E-state index contributed by atoms with van der Waals surface area (Å²) in [6, 6.07) is 0. The van der Waals surface area contributed by atoms with E-state index >= 15 is 0 Å². The summed E-state index contributed by atoms with van der Waals surface area (Å²) in [7, 11) is 22.3. The molecule has 3 aromatic carbocycles. The number of hydrogen-bond acceptors (Lipinski definition) is 1. The van der Waals surface area contributed by atoms with Crippen LogP contribution in [0, 0.1) is 0 Å². The average molecular weight is 375 g/mol. The first kappa shape index (κ1) is 19.8. The van der Waals surface area contributed by atoms with Gasteiger partial charge in [-0.25, -0.2) is 0 Å². The van der Waals surface area contributed by atoms with E-state index in [2.05, 4.69) is 83.4 Å². The standard InChI is InChI=1S/C18H21B10NO/c19-5-3-1-2-4-6(20)8(22)10(24)13(27)18(4)30-17(2)14(28)12(26)15(1)29-16(3)11(25)9(23)7(5)21/h29H,19-28H2. The van der Waals surface area contributed by atoms with Gasteiger partial charge in [0, 0.05) is 32.6 Å². The van der Waals surface area contributed by atoms with Gasteiger partial charge in [-0.2, -0.15) is 0 Å². The number of nitrogens with one attached hydrogen (secondary N) is 1. The number of aromatic nitrogens is 1. The second-order valence-corrected chi connectivity index (χ2v) is 9.39. The first-order valence-corrected chi connectivity index (χ1v) is 10.9. The van der Waals surface area contributed by atoms with Crippen molar-refractivity contribution in [1.29, 1.82) is 0 Å². The predicted octanol–water partition coefficient (Wildman–Crippen LogP) is -12.2. The molecule has 2 nitrogen and oxygen atoms in total. The van der Waals surface area contributed by atoms with E-state index in [1.54, 1.807) is 0 Å². The molecule has 0 radical (unpaired) electrons. The van der Waals surface area contributed by atoms with Gasteiger partial charge in [0.1, 0.15) is 89.6 Å². The molecular formula is C18H21B10NO. The summed E-state index contributed by atoms with van der Waals surface area (Å²) < 4.78 is 6.65. The topological polar surface area (TPSA) is 28.9 Å². The third-order valence-corrected chi connectivity index (χ3v) is 8.28. The Morgan fingerprint density at radius 3 is 1.40 bits per heavy atom. The molecular weight excluding hydrogens is 354 g/mol. The lowest BCUT2D eigenvalue weighted by Crippen LogP contribution is -2.47. The number of aromatic amines is 1. The van der Waals surface area contributed by atoms with Gasteiger partial charge in [0.2, 0.25) is 0 Å². The van der Waals surface area contributed by atoms with Crippen molar-refractivity contribution in [1.82, 2.24) is 4.98 Å². The summed E-state index contributed by atoms with van der Waals surface area (Å²) in [6.45, 7) is 0. The van der Waals surface area contributed by atoms with Crippen molar-refractivity contribution in [3.63, 3.8) is 0 Å². The molecule has 5 aromatic rings. The summed E-state index contributed by atoms with van der Waals surface area (Å²) in [5.41, 5.74) is 17.9. The van der Waals surface area contributed by atoms with E-state index in [4.69, 9.17) is 4.42 Å². The summed E-state index contributed by atoms with van der Waals surface area (Å²) in [4.78, 5) is 3.83. The smallest absolute Gasteiger partial charge is 0.143 e. The third-order valence-electron chi connectivity index (χ3n) is 8.28. The SMILES string of the molecule is Bc1c(B)c(B)c2c([nH]c3c(B)c(B)c4oc5c(B)c(B)c(B)c(B)c5c4c32)c1B. The fourth-order valence-electron chi connectivity index (χ4n) is 5.46. The van der Waals surface area contributed by atoms with Crippen molar-refractivity contribution in [2.45, 2.75) is 0 Å². The molecule has 0 aliphatic rings. The Bertz CT molecular complexity index is 1480. The lowest BCUT2D eigenvalue weighted by atomic mass is 9.64. The molecule has 0 saturated heterocycles. The predicted molar refractivity (Wildman–Crippen MR) is 165 cm³/mol. The molecule has 12 heteroatoms. The van der Waals surface area contributed by atoms with E-state index in [0.717, 1.165) is 11.2 Å². The zero-order chi connectivity index (χ0) is 21.8. The molecule has 0 unspecified atom stereocenters. The van der Waals surface area contributed by atoms with Crippen molar-refractivity contribution in [3.8, 4) is 0 Å². The lowest BCUT2D eigenvalue weighted by molar-refractivity contribution is 0.675. The van der Waals surface area contributed by atoms with Crippen LogP contribution in [-0.4, -0.2) is 83.4 Å². The number of benzene rings is 3. The van der Waals surface area contributed by atoms with Crippen LogP contribution in [0.15, 0.2) is 4.42 Å². The first-order valence-electron chi connectivity index (χ1n) is 10.9. The molecule has 2 heterocycles. The molecule has 2 aromatic heterocycles. The first-order chi connectivity index (χ1) is 14.1. The highest BCUT2D eigenvalue weighted by molar-refractivity contribution is 6.70. The molecule has 0 saturated carbocycles. The summed E-state index contributed by atoms with van der Waals surface area (Å²) >= 11 is 0. The fourth-order valence-corrected chi connectivity index (χ4v) is 5.46. The highest BCUT2D eigenvalue weighted by atomic mass is 16.3. The molecule has 0 atom stereocenters.